The number of benzene rings is 2. The molecule has 180 valence electrons. The van der Waals surface area contributed by atoms with Gasteiger partial charge >= 0.3 is 5.69 Å². The van der Waals surface area contributed by atoms with Gasteiger partial charge in [-0.1, -0.05) is 54.6 Å². The van der Waals surface area contributed by atoms with Crippen molar-refractivity contribution in [2.75, 3.05) is 12.0 Å². The van der Waals surface area contributed by atoms with E-state index >= 15 is 0 Å². The third-order valence-corrected chi connectivity index (χ3v) is 5.23. The molecule has 0 radical (unpaired) electrons. The van der Waals surface area contributed by atoms with Crippen LogP contribution in [-0.4, -0.2) is 42.6 Å². The molecule has 10 nitrogen and oxygen atoms in total. The second kappa shape index (κ2) is 10.7. The summed E-state index contributed by atoms with van der Waals surface area (Å²) in [5.41, 5.74) is 3.66. The van der Waals surface area contributed by atoms with Gasteiger partial charge in [0, 0.05) is 7.05 Å². The number of aliphatic hydroxyl groups is 1. The fourth-order valence-electron chi connectivity index (χ4n) is 3.43. The van der Waals surface area contributed by atoms with E-state index < -0.39 is 17.4 Å². The van der Waals surface area contributed by atoms with Crippen LogP contribution in [0, 0.1) is 0 Å². The zero-order valence-electron chi connectivity index (χ0n) is 19.4. The van der Waals surface area contributed by atoms with E-state index in [0.717, 1.165) is 5.56 Å². The summed E-state index contributed by atoms with van der Waals surface area (Å²) in [6.07, 6.45) is 2.79. The van der Waals surface area contributed by atoms with Gasteiger partial charge in [-0.25, -0.2) is 10.2 Å². The first kappa shape index (κ1) is 23.7. The maximum absolute atomic E-state index is 12.6. The number of aryl methyl sites for hydroxylation is 1. The molecule has 1 atom stereocenters. The Morgan fingerprint density at radius 1 is 1.17 bits per heavy atom. The van der Waals surface area contributed by atoms with E-state index in [2.05, 4.69) is 20.5 Å². The van der Waals surface area contributed by atoms with Crippen LogP contribution in [0.1, 0.15) is 12.5 Å². The summed E-state index contributed by atoms with van der Waals surface area (Å²) >= 11 is 0. The van der Waals surface area contributed by atoms with Crippen molar-refractivity contribution in [3.63, 3.8) is 0 Å². The number of ether oxygens (including phenoxy) is 1. The van der Waals surface area contributed by atoms with Crippen LogP contribution < -0.4 is 21.4 Å². The first-order valence-corrected chi connectivity index (χ1v) is 11.0. The number of aromatic nitrogens is 4. The third kappa shape index (κ3) is 5.74. The first-order valence-electron chi connectivity index (χ1n) is 11.0. The summed E-state index contributed by atoms with van der Waals surface area (Å²) in [6, 6.07) is 18.9. The highest BCUT2D eigenvalue weighted by Gasteiger charge is 2.20. The molecule has 2 aromatic heterocycles. The standard InChI is InChI=1S/C25H26N6O4/c1-17(13-14-18-9-5-3-6-10-18)28-29-24-26-22-21(23(33)27-25(34)30(22)2)31(24)15-19(32)16-35-20-11-7-4-8-12-20/h3-14,19,32H,15-16H2,1-2H3,(H,26,29)(H,27,33,34)/b14-13+,28-17?/t19-/m1/s1. The zero-order chi connectivity index (χ0) is 24.8. The molecule has 0 unspecified atom stereocenters. The molecule has 3 N–H and O–H groups in total. The Kier molecular flexibility index (Phi) is 7.22. The first-order chi connectivity index (χ1) is 16.9. The summed E-state index contributed by atoms with van der Waals surface area (Å²) in [6.45, 7) is 1.79. The van der Waals surface area contributed by atoms with Gasteiger partial charge in [-0.05, 0) is 30.7 Å². The van der Waals surface area contributed by atoms with Gasteiger partial charge in [-0.15, -0.1) is 0 Å². The molecule has 0 aliphatic rings. The summed E-state index contributed by atoms with van der Waals surface area (Å²) in [7, 11) is 1.51. The number of hydrazone groups is 1. The van der Waals surface area contributed by atoms with Crippen molar-refractivity contribution in [1.29, 1.82) is 0 Å². The molecule has 0 aliphatic heterocycles. The molecule has 4 aromatic rings. The molecule has 10 heteroatoms. The van der Waals surface area contributed by atoms with Gasteiger partial charge in [0.05, 0.1) is 12.3 Å². The lowest BCUT2D eigenvalue weighted by Gasteiger charge is -2.15. The van der Waals surface area contributed by atoms with Crippen LogP contribution in [0.5, 0.6) is 5.75 Å². The fraction of sp³-hybridized carbons (Fsp3) is 0.200. The number of H-pyrrole nitrogens is 1. The average molecular weight is 475 g/mol. The number of aromatic amines is 1. The smallest absolute Gasteiger partial charge is 0.329 e. The number of hydrogen-bond acceptors (Lipinski definition) is 7. The predicted molar refractivity (Wildman–Crippen MR) is 136 cm³/mol. The quantitative estimate of drug-likeness (QED) is 0.253. The Morgan fingerprint density at radius 2 is 1.86 bits per heavy atom. The number of anilines is 1. The summed E-state index contributed by atoms with van der Waals surface area (Å²) < 4.78 is 8.36. The number of hydrogen-bond donors (Lipinski definition) is 3. The van der Waals surface area contributed by atoms with E-state index in [9.17, 15) is 14.7 Å². The van der Waals surface area contributed by atoms with Crippen LogP contribution >= 0.6 is 0 Å². The van der Waals surface area contributed by atoms with Crippen LogP contribution in [0.3, 0.4) is 0 Å². The highest BCUT2D eigenvalue weighted by molar-refractivity contribution is 5.96. The Balaban J connectivity index is 1.60. The number of nitrogens with one attached hydrogen (secondary N) is 2. The van der Waals surface area contributed by atoms with Gasteiger partial charge in [0.2, 0.25) is 5.95 Å². The maximum atomic E-state index is 12.6. The van der Waals surface area contributed by atoms with E-state index in [4.69, 9.17) is 4.74 Å². The molecule has 0 fully saturated rings. The average Bonchev–Trinajstić information content (AvgIpc) is 3.23. The van der Waals surface area contributed by atoms with Crippen LogP contribution in [0.4, 0.5) is 5.95 Å². The Morgan fingerprint density at radius 3 is 2.57 bits per heavy atom. The van der Waals surface area contributed by atoms with Crippen molar-refractivity contribution in [1.82, 2.24) is 19.1 Å². The largest absolute Gasteiger partial charge is 0.491 e. The molecule has 2 aromatic carbocycles. The van der Waals surface area contributed by atoms with Crippen molar-refractivity contribution >= 4 is 28.9 Å². The van der Waals surface area contributed by atoms with E-state index in [1.807, 2.05) is 67.6 Å². The zero-order valence-corrected chi connectivity index (χ0v) is 19.4. The molecule has 4 rings (SSSR count). The van der Waals surface area contributed by atoms with E-state index in [1.54, 1.807) is 12.1 Å². The SMILES string of the molecule is CC(/C=C/c1ccccc1)=NNc1nc2c(c(=O)[nH]c(=O)n2C)n1C[C@@H](O)COc1ccccc1. The van der Waals surface area contributed by atoms with Crippen LogP contribution in [-0.2, 0) is 13.6 Å². The topological polar surface area (TPSA) is 127 Å². The molecule has 0 bridgehead atoms. The summed E-state index contributed by atoms with van der Waals surface area (Å²) in [5.74, 6) is 0.823. The fourth-order valence-corrected chi connectivity index (χ4v) is 3.43. The number of aliphatic hydroxyl groups excluding tert-OH is 1. The molecule has 0 aliphatic carbocycles. The Labute approximate surface area is 200 Å². The number of imidazole rings is 1. The van der Waals surface area contributed by atoms with Gasteiger partial charge < -0.3 is 14.4 Å². The lowest BCUT2D eigenvalue weighted by atomic mass is 10.2. The normalized spacial score (nSPS) is 12.8. The van der Waals surface area contributed by atoms with E-state index in [0.29, 0.717) is 11.5 Å². The van der Waals surface area contributed by atoms with Crippen LogP contribution in [0.15, 0.2) is 81.4 Å². The van der Waals surface area contributed by atoms with Gasteiger partial charge in [0.25, 0.3) is 5.56 Å². The number of allylic oxidation sites excluding steroid dienone is 1. The van der Waals surface area contributed by atoms with Crippen molar-refractivity contribution in [2.45, 2.75) is 19.6 Å². The second-order valence-electron chi connectivity index (χ2n) is 7.92. The number of para-hydroxylation sites is 1. The van der Waals surface area contributed by atoms with Gasteiger partial charge in [0.15, 0.2) is 11.2 Å². The molecule has 0 amide bonds. The van der Waals surface area contributed by atoms with Crippen molar-refractivity contribution < 1.29 is 9.84 Å². The van der Waals surface area contributed by atoms with Crippen molar-refractivity contribution in [3.05, 3.63) is 93.1 Å². The molecular weight excluding hydrogens is 448 g/mol. The summed E-state index contributed by atoms with van der Waals surface area (Å²) in [5, 5.41) is 15.0. The molecular formula is C25H26N6O4. The third-order valence-electron chi connectivity index (χ3n) is 5.23. The minimum absolute atomic E-state index is 0.00505. The highest BCUT2D eigenvalue weighted by atomic mass is 16.5. The van der Waals surface area contributed by atoms with Gasteiger partial charge in [0.1, 0.15) is 18.5 Å². The van der Waals surface area contributed by atoms with E-state index in [1.165, 1.54) is 16.2 Å². The van der Waals surface area contributed by atoms with Crippen molar-refractivity contribution in [2.24, 2.45) is 12.1 Å². The van der Waals surface area contributed by atoms with Crippen molar-refractivity contribution in [3.8, 4) is 5.75 Å². The lowest BCUT2D eigenvalue weighted by Crippen LogP contribution is -2.30. The monoisotopic (exact) mass is 474 g/mol. The minimum Gasteiger partial charge on any atom is -0.491 e. The van der Waals surface area contributed by atoms with Crippen LogP contribution in [0.25, 0.3) is 17.2 Å². The van der Waals surface area contributed by atoms with Crippen LogP contribution in [0.2, 0.25) is 0 Å². The minimum atomic E-state index is -0.965. The Hall–Kier alpha value is -4.44. The van der Waals surface area contributed by atoms with E-state index in [-0.39, 0.29) is 30.3 Å². The number of nitrogens with zero attached hydrogens (tertiary/aromatic N) is 4. The number of rotatable bonds is 9. The maximum Gasteiger partial charge on any atom is 0.329 e. The number of fused-ring (bicyclic) bond motifs is 1. The second-order valence-corrected chi connectivity index (χ2v) is 7.92. The van der Waals surface area contributed by atoms with Gasteiger partial charge in [-0.2, -0.15) is 10.1 Å². The van der Waals surface area contributed by atoms with Gasteiger partial charge in [-0.3, -0.25) is 14.3 Å². The molecule has 0 spiro atoms. The predicted octanol–water partition coefficient (Wildman–Crippen LogP) is 2.36. The molecule has 35 heavy (non-hydrogen) atoms. The molecule has 2 heterocycles. The highest BCUT2D eigenvalue weighted by Crippen LogP contribution is 2.17. The summed E-state index contributed by atoms with van der Waals surface area (Å²) in [4.78, 5) is 31.4. The lowest BCUT2D eigenvalue weighted by molar-refractivity contribution is 0.0938. The molecule has 0 saturated heterocycles. The molecule has 0 saturated carbocycles. The Bertz CT molecular complexity index is 1470.